The number of nitrogens with zero attached hydrogens (tertiary/aromatic N) is 9. The molecule has 290 valence electrons. The summed E-state index contributed by atoms with van der Waals surface area (Å²) < 4.78 is 7.46. The molecule has 3 aromatic carbocycles. The molecule has 4 N–H and O–H groups in total. The number of urea groups is 1. The third-order valence-corrected chi connectivity index (χ3v) is 10.4. The minimum Gasteiger partial charge on any atom is -0.399 e. The number of anilines is 6. The van der Waals surface area contributed by atoms with E-state index in [2.05, 4.69) is 92.4 Å². The lowest BCUT2D eigenvalue weighted by Crippen LogP contribution is -2.44. The van der Waals surface area contributed by atoms with E-state index in [9.17, 15) is 4.79 Å². The number of nitrogens with two attached hydrogens (primary N) is 1. The van der Waals surface area contributed by atoms with Gasteiger partial charge in [-0.3, -0.25) is 0 Å². The molecule has 3 fully saturated rings. The summed E-state index contributed by atoms with van der Waals surface area (Å²) in [7, 11) is 4.32. The van der Waals surface area contributed by atoms with Crippen LogP contribution in [0.25, 0.3) is 22.3 Å². The number of hydrogen-bond acceptors (Lipinski definition) is 11. The van der Waals surface area contributed by atoms with Gasteiger partial charge in [0.1, 0.15) is 0 Å². The van der Waals surface area contributed by atoms with Crippen molar-refractivity contribution in [1.82, 2.24) is 29.5 Å². The Balaban J connectivity index is 0.000000278. The van der Waals surface area contributed by atoms with Crippen molar-refractivity contribution in [2.75, 3.05) is 124 Å². The number of fused-ring (bicyclic) bond motifs is 1. The molecule has 3 saturated heterocycles. The first-order chi connectivity index (χ1) is 26.7. The highest BCUT2D eigenvalue weighted by molar-refractivity contribution is 6.00. The van der Waals surface area contributed by atoms with Crippen LogP contribution in [-0.4, -0.2) is 128 Å². The van der Waals surface area contributed by atoms with Gasteiger partial charge in [-0.05, 0) is 88.6 Å². The van der Waals surface area contributed by atoms with E-state index in [0.29, 0.717) is 24.8 Å². The van der Waals surface area contributed by atoms with E-state index in [-0.39, 0.29) is 12.1 Å². The summed E-state index contributed by atoms with van der Waals surface area (Å²) >= 11 is 0. The lowest BCUT2D eigenvalue weighted by Gasteiger charge is -2.34. The van der Waals surface area contributed by atoms with Crippen LogP contribution in [0.4, 0.5) is 39.2 Å². The fraction of sp³-hybridized carbons (Fsp3) is 0.415. The molecule has 0 atom stereocenters. The highest BCUT2D eigenvalue weighted by atomic mass is 16.5. The number of hydrogen-bond donors (Lipinski definition) is 3. The van der Waals surface area contributed by atoms with Gasteiger partial charge in [-0.25, -0.2) is 14.5 Å². The summed E-state index contributed by atoms with van der Waals surface area (Å²) in [6.07, 6.45) is 1.84. The monoisotopic (exact) mass is 746 g/mol. The highest BCUT2D eigenvalue weighted by Crippen LogP contribution is 2.31. The van der Waals surface area contributed by atoms with Gasteiger partial charge in [-0.1, -0.05) is 12.1 Å². The molecule has 5 aromatic rings. The fourth-order valence-corrected chi connectivity index (χ4v) is 6.99. The molecule has 3 aliphatic rings. The number of aromatic nitrogens is 4. The molecule has 0 aliphatic carbocycles. The number of ether oxygens (including phenoxy) is 1. The molecule has 5 heterocycles. The molecule has 55 heavy (non-hydrogen) atoms. The number of carbonyl (C=O) groups is 1. The van der Waals surface area contributed by atoms with E-state index < -0.39 is 0 Å². The summed E-state index contributed by atoms with van der Waals surface area (Å²) in [6.45, 7) is 15.6. The van der Waals surface area contributed by atoms with Crippen molar-refractivity contribution in [3.8, 4) is 11.3 Å². The smallest absolute Gasteiger partial charge is 0.323 e. The number of carbonyl (C=O) groups excluding carboxylic acids is 1. The maximum atomic E-state index is 12.7. The van der Waals surface area contributed by atoms with Crippen LogP contribution in [0.2, 0.25) is 0 Å². The van der Waals surface area contributed by atoms with Crippen molar-refractivity contribution >= 4 is 51.4 Å². The van der Waals surface area contributed by atoms with Gasteiger partial charge in [0.15, 0.2) is 5.65 Å². The summed E-state index contributed by atoms with van der Waals surface area (Å²) in [5.74, 6) is 0.679. The quantitative estimate of drug-likeness (QED) is 0.187. The van der Waals surface area contributed by atoms with Gasteiger partial charge < -0.3 is 45.6 Å². The molecule has 0 saturated carbocycles. The Morgan fingerprint density at radius 3 is 1.71 bits per heavy atom. The van der Waals surface area contributed by atoms with Crippen LogP contribution < -0.4 is 31.1 Å². The minimum absolute atomic E-state index is 0.167. The van der Waals surface area contributed by atoms with Gasteiger partial charge >= 0.3 is 6.03 Å². The topological polar surface area (TPSA) is 136 Å². The van der Waals surface area contributed by atoms with Gasteiger partial charge in [-0.2, -0.15) is 10.1 Å². The Hall–Kier alpha value is -5.44. The van der Waals surface area contributed by atoms with Gasteiger partial charge in [0.05, 0.1) is 30.5 Å². The van der Waals surface area contributed by atoms with Crippen molar-refractivity contribution in [2.45, 2.75) is 19.9 Å². The van der Waals surface area contributed by atoms with E-state index in [1.807, 2.05) is 59.4 Å². The van der Waals surface area contributed by atoms with Crippen LogP contribution in [0, 0.1) is 0 Å². The molecule has 0 bridgehead atoms. The summed E-state index contributed by atoms with van der Waals surface area (Å²) in [5.41, 5.74) is 12.9. The van der Waals surface area contributed by atoms with Crippen molar-refractivity contribution in [2.24, 2.45) is 0 Å². The van der Waals surface area contributed by atoms with E-state index >= 15 is 0 Å². The van der Waals surface area contributed by atoms with E-state index in [0.717, 1.165) is 99.1 Å². The Labute approximate surface area is 323 Å². The van der Waals surface area contributed by atoms with Crippen LogP contribution >= 0.6 is 0 Å². The fourth-order valence-electron chi connectivity index (χ4n) is 6.99. The third-order valence-electron chi connectivity index (χ3n) is 10.4. The van der Waals surface area contributed by atoms with Crippen molar-refractivity contribution in [1.29, 1.82) is 0 Å². The normalized spacial score (nSPS) is 16.9. The first kappa shape index (κ1) is 37.9. The van der Waals surface area contributed by atoms with Gasteiger partial charge in [0.2, 0.25) is 5.95 Å². The minimum atomic E-state index is -0.290. The predicted octanol–water partition coefficient (Wildman–Crippen LogP) is 5.33. The van der Waals surface area contributed by atoms with E-state index in [1.165, 1.54) is 11.4 Å². The van der Waals surface area contributed by atoms with Crippen LogP contribution in [0.1, 0.15) is 19.9 Å². The van der Waals surface area contributed by atoms with Crippen molar-refractivity contribution in [3.05, 3.63) is 79.0 Å². The molecule has 2 amide bonds. The zero-order valence-electron chi connectivity index (χ0n) is 32.5. The second-order valence-electron chi connectivity index (χ2n) is 14.8. The number of likely N-dealkylation sites (N-methyl/N-ethyl adjacent to an activating group) is 2. The molecule has 14 heteroatoms. The zero-order chi connectivity index (χ0) is 38.3. The number of morpholine rings is 1. The second-order valence-corrected chi connectivity index (χ2v) is 14.8. The van der Waals surface area contributed by atoms with Gasteiger partial charge in [-0.15, -0.1) is 0 Å². The number of benzene rings is 3. The van der Waals surface area contributed by atoms with Gasteiger partial charge in [0, 0.05) is 105 Å². The third kappa shape index (κ3) is 9.45. The second kappa shape index (κ2) is 17.4. The summed E-state index contributed by atoms with van der Waals surface area (Å²) in [4.78, 5) is 34.2. The Kier molecular flexibility index (Phi) is 11.9. The molecule has 2 aromatic heterocycles. The Morgan fingerprint density at radius 1 is 0.673 bits per heavy atom. The molecule has 0 unspecified atom stereocenters. The average Bonchev–Trinajstić information content (AvgIpc) is 3.65. The molecular formula is C41H54N12O2. The first-order valence-electron chi connectivity index (χ1n) is 19.3. The summed E-state index contributed by atoms with van der Waals surface area (Å²) in [5, 5.41) is 11.4. The number of nitrogens with one attached hydrogen (secondary N) is 2. The molecule has 8 rings (SSSR count). The number of rotatable bonds is 7. The zero-order valence-corrected chi connectivity index (χ0v) is 32.5. The van der Waals surface area contributed by atoms with E-state index in [1.54, 1.807) is 0 Å². The molecule has 0 spiro atoms. The average molecular weight is 747 g/mol. The maximum Gasteiger partial charge on any atom is 0.323 e. The highest BCUT2D eigenvalue weighted by Gasteiger charge is 2.21. The maximum absolute atomic E-state index is 12.7. The van der Waals surface area contributed by atoms with Crippen LogP contribution in [0.15, 0.2) is 79.0 Å². The summed E-state index contributed by atoms with van der Waals surface area (Å²) in [6, 6.07) is 23.7. The van der Waals surface area contributed by atoms with Crippen LogP contribution in [-0.2, 0) is 4.74 Å². The molecule has 0 radical (unpaired) electrons. The Bertz CT molecular complexity index is 1990. The van der Waals surface area contributed by atoms with Crippen LogP contribution in [0.5, 0.6) is 0 Å². The van der Waals surface area contributed by atoms with Crippen molar-refractivity contribution < 1.29 is 9.53 Å². The Morgan fingerprint density at radius 2 is 1.18 bits per heavy atom. The van der Waals surface area contributed by atoms with Gasteiger partial charge in [0.25, 0.3) is 0 Å². The largest absolute Gasteiger partial charge is 0.399 e. The molecule has 3 aliphatic heterocycles. The molecular weight excluding hydrogens is 693 g/mol. The number of amides is 2. The lowest BCUT2D eigenvalue weighted by molar-refractivity contribution is 0.122. The first-order valence-corrected chi connectivity index (χ1v) is 19.3. The SMILES string of the molecule is CC(C)n1ncc2c(-c3ccc(NC(=O)Nc4ccc(N5CCN(C)CC5)cc4)cc3)nc(N3CCOCC3)nc21.CN1CCN(c2ccc(N)cc2)CC1. The predicted molar refractivity (Wildman–Crippen MR) is 224 cm³/mol. The number of nitrogen functional groups attached to an aromatic ring is 1. The van der Waals surface area contributed by atoms with E-state index in [4.69, 9.17) is 20.4 Å². The van der Waals surface area contributed by atoms with Crippen LogP contribution in [0.3, 0.4) is 0 Å². The number of piperazine rings is 2. The lowest BCUT2D eigenvalue weighted by atomic mass is 10.1. The van der Waals surface area contributed by atoms with Crippen molar-refractivity contribution in [3.63, 3.8) is 0 Å². The molecule has 14 nitrogen and oxygen atoms in total. The standard InChI is InChI=1S/C30H37N9O2.C11H17N3/c1-21(2)39-28-26(20-31-39)27(34-29(35-28)38-16-18-41-19-17-38)22-4-6-23(7-5-22)32-30(40)33-24-8-10-25(11-9-24)37-14-12-36(3)13-15-37;1-13-6-8-14(9-7-13)11-4-2-10(12)3-5-11/h4-11,20-21H,12-19H2,1-3H3,(H2,32,33,40);2-5H,6-9,12H2,1H3.